The van der Waals surface area contributed by atoms with Crippen molar-refractivity contribution < 1.29 is 4.74 Å². The number of hydrazine groups is 1. The van der Waals surface area contributed by atoms with E-state index in [0.717, 1.165) is 13.0 Å². The minimum Gasteiger partial charge on any atom is -0.375 e. The van der Waals surface area contributed by atoms with Gasteiger partial charge in [-0.05, 0) is 63.7 Å². The van der Waals surface area contributed by atoms with Crippen molar-refractivity contribution in [1.82, 2.24) is 5.43 Å². The molecule has 1 heterocycles. The summed E-state index contributed by atoms with van der Waals surface area (Å²) in [6.07, 6.45) is 16.5. The zero-order chi connectivity index (χ0) is 13.8. The van der Waals surface area contributed by atoms with Crippen LogP contribution in [0.5, 0.6) is 0 Å². The first-order chi connectivity index (χ1) is 9.81. The predicted octanol–water partition coefficient (Wildman–Crippen LogP) is 3.45. The van der Waals surface area contributed by atoms with E-state index in [1.165, 1.54) is 64.2 Å². The lowest BCUT2D eigenvalue weighted by Gasteiger charge is -2.41. The Morgan fingerprint density at radius 3 is 2.85 bits per heavy atom. The summed E-state index contributed by atoms with van der Waals surface area (Å²) in [4.78, 5) is 0. The summed E-state index contributed by atoms with van der Waals surface area (Å²) in [5.41, 5.74) is 4.97. The normalized spacial score (nSPS) is 31.2. The maximum Gasteiger partial charge on any atom is 0.0685 e. The first kappa shape index (κ1) is 14.6. The molecule has 2 fully saturated rings. The summed E-state index contributed by atoms with van der Waals surface area (Å²) in [5.74, 6) is 6.58. The lowest BCUT2D eigenvalue weighted by atomic mass is 9.78. The van der Waals surface area contributed by atoms with Crippen LogP contribution in [0.25, 0.3) is 0 Å². The number of allylic oxidation sites excluding steroid dienone is 1. The Morgan fingerprint density at radius 1 is 1.30 bits per heavy atom. The fraction of sp³-hybridized carbons (Fsp3) is 0.882. The van der Waals surface area contributed by atoms with Crippen LogP contribution in [0.3, 0.4) is 0 Å². The minimum absolute atomic E-state index is 0.207. The molecule has 0 aromatic rings. The molecule has 2 unspecified atom stereocenters. The summed E-state index contributed by atoms with van der Waals surface area (Å²) in [5, 5.41) is 0. The Labute approximate surface area is 123 Å². The maximum absolute atomic E-state index is 6.16. The molecule has 0 bridgehead atoms. The van der Waals surface area contributed by atoms with E-state index >= 15 is 0 Å². The van der Waals surface area contributed by atoms with Crippen LogP contribution in [-0.4, -0.2) is 18.2 Å². The number of ether oxygens (including phenoxy) is 1. The van der Waals surface area contributed by atoms with E-state index < -0.39 is 0 Å². The average molecular weight is 278 g/mol. The standard InChI is InChI=1S/C17H30N2O/c18-19-16(12-14-6-2-1-3-7-14)15-8-11-20-17(13-15)9-4-5-10-17/h6,15-16,19H,1-5,7-13,18H2. The molecule has 2 atom stereocenters. The first-order valence-corrected chi connectivity index (χ1v) is 8.59. The Balaban J connectivity index is 1.61. The van der Waals surface area contributed by atoms with Crippen LogP contribution in [0.2, 0.25) is 0 Å². The highest BCUT2D eigenvalue weighted by atomic mass is 16.5. The van der Waals surface area contributed by atoms with Crippen LogP contribution < -0.4 is 11.3 Å². The lowest BCUT2D eigenvalue weighted by Crippen LogP contribution is -2.48. The summed E-state index contributed by atoms with van der Waals surface area (Å²) in [6.45, 7) is 0.932. The van der Waals surface area contributed by atoms with Crippen molar-refractivity contribution in [3.05, 3.63) is 11.6 Å². The summed E-state index contributed by atoms with van der Waals surface area (Å²) < 4.78 is 6.16. The van der Waals surface area contributed by atoms with Gasteiger partial charge in [0.15, 0.2) is 0 Å². The molecule has 3 aliphatic rings. The SMILES string of the molecule is NNC(CC1=CCCCC1)C1CCOC2(CCCC2)C1. The molecule has 0 radical (unpaired) electrons. The molecule has 1 saturated heterocycles. The van der Waals surface area contributed by atoms with Gasteiger partial charge in [-0.1, -0.05) is 24.5 Å². The van der Waals surface area contributed by atoms with E-state index in [1.54, 1.807) is 5.57 Å². The van der Waals surface area contributed by atoms with Crippen LogP contribution >= 0.6 is 0 Å². The zero-order valence-corrected chi connectivity index (χ0v) is 12.7. The molecule has 20 heavy (non-hydrogen) atoms. The summed E-state index contributed by atoms with van der Waals surface area (Å²) >= 11 is 0. The molecule has 3 nitrogen and oxygen atoms in total. The molecular weight excluding hydrogens is 248 g/mol. The molecule has 0 amide bonds. The van der Waals surface area contributed by atoms with Gasteiger partial charge in [0, 0.05) is 12.6 Å². The van der Waals surface area contributed by atoms with Crippen LogP contribution in [0.1, 0.15) is 70.6 Å². The molecule has 1 saturated carbocycles. The van der Waals surface area contributed by atoms with Gasteiger partial charge in [-0.2, -0.15) is 0 Å². The second-order valence-corrected chi connectivity index (χ2v) is 7.08. The highest BCUT2D eigenvalue weighted by Gasteiger charge is 2.41. The maximum atomic E-state index is 6.16. The highest BCUT2D eigenvalue weighted by Crippen LogP contribution is 2.43. The number of hydrogen-bond acceptors (Lipinski definition) is 3. The third kappa shape index (κ3) is 3.26. The van der Waals surface area contributed by atoms with Crippen molar-refractivity contribution in [2.24, 2.45) is 11.8 Å². The van der Waals surface area contributed by atoms with Crippen molar-refractivity contribution in [2.45, 2.75) is 82.3 Å². The van der Waals surface area contributed by atoms with Crippen LogP contribution in [0, 0.1) is 5.92 Å². The highest BCUT2D eigenvalue weighted by molar-refractivity contribution is 5.08. The van der Waals surface area contributed by atoms with E-state index in [0.29, 0.717) is 12.0 Å². The molecular formula is C17H30N2O. The second kappa shape index (κ2) is 6.59. The van der Waals surface area contributed by atoms with Gasteiger partial charge in [-0.3, -0.25) is 11.3 Å². The van der Waals surface area contributed by atoms with Crippen LogP contribution in [0.15, 0.2) is 11.6 Å². The molecule has 2 aliphatic carbocycles. The van der Waals surface area contributed by atoms with Crippen molar-refractivity contribution in [1.29, 1.82) is 0 Å². The predicted molar refractivity (Wildman–Crippen MR) is 82.2 cm³/mol. The fourth-order valence-electron chi connectivity index (χ4n) is 4.51. The second-order valence-electron chi connectivity index (χ2n) is 7.08. The van der Waals surface area contributed by atoms with E-state index in [1.807, 2.05) is 0 Å². The van der Waals surface area contributed by atoms with Crippen LogP contribution in [0.4, 0.5) is 0 Å². The topological polar surface area (TPSA) is 47.3 Å². The van der Waals surface area contributed by atoms with E-state index in [4.69, 9.17) is 10.6 Å². The molecule has 3 heteroatoms. The first-order valence-electron chi connectivity index (χ1n) is 8.59. The zero-order valence-electron chi connectivity index (χ0n) is 12.7. The summed E-state index contributed by atoms with van der Waals surface area (Å²) in [7, 11) is 0. The Bertz CT molecular complexity index is 347. The lowest BCUT2D eigenvalue weighted by molar-refractivity contribution is -0.0979. The molecule has 1 aliphatic heterocycles. The van der Waals surface area contributed by atoms with Crippen molar-refractivity contribution >= 4 is 0 Å². The van der Waals surface area contributed by atoms with E-state index in [2.05, 4.69) is 11.5 Å². The number of hydrogen-bond donors (Lipinski definition) is 2. The average Bonchev–Trinajstić information content (AvgIpc) is 2.93. The van der Waals surface area contributed by atoms with Gasteiger partial charge in [0.25, 0.3) is 0 Å². The molecule has 0 aromatic heterocycles. The van der Waals surface area contributed by atoms with Gasteiger partial charge in [0.2, 0.25) is 0 Å². The number of nitrogens with one attached hydrogen (secondary N) is 1. The van der Waals surface area contributed by atoms with Crippen molar-refractivity contribution in [3.8, 4) is 0 Å². The van der Waals surface area contributed by atoms with Gasteiger partial charge in [0.05, 0.1) is 5.60 Å². The largest absolute Gasteiger partial charge is 0.375 e. The fourth-order valence-corrected chi connectivity index (χ4v) is 4.51. The Morgan fingerprint density at radius 2 is 2.15 bits per heavy atom. The smallest absolute Gasteiger partial charge is 0.0685 e. The number of rotatable bonds is 4. The minimum atomic E-state index is 0.207. The third-order valence-corrected chi connectivity index (χ3v) is 5.70. The van der Waals surface area contributed by atoms with Gasteiger partial charge in [-0.15, -0.1) is 0 Å². The van der Waals surface area contributed by atoms with Crippen molar-refractivity contribution in [3.63, 3.8) is 0 Å². The molecule has 0 aromatic carbocycles. The quantitative estimate of drug-likeness (QED) is 0.470. The molecule has 114 valence electrons. The van der Waals surface area contributed by atoms with Gasteiger partial charge in [-0.25, -0.2) is 0 Å². The van der Waals surface area contributed by atoms with Gasteiger partial charge < -0.3 is 4.74 Å². The van der Waals surface area contributed by atoms with Gasteiger partial charge >= 0.3 is 0 Å². The van der Waals surface area contributed by atoms with Crippen molar-refractivity contribution in [2.75, 3.05) is 6.61 Å². The van der Waals surface area contributed by atoms with E-state index in [-0.39, 0.29) is 5.60 Å². The van der Waals surface area contributed by atoms with Gasteiger partial charge in [0.1, 0.15) is 0 Å². The van der Waals surface area contributed by atoms with E-state index in [9.17, 15) is 0 Å². The van der Waals surface area contributed by atoms with Crippen LogP contribution in [-0.2, 0) is 4.74 Å². The third-order valence-electron chi connectivity index (χ3n) is 5.70. The molecule has 3 rings (SSSR count). The summed E-state index contributed by atoms with van der Waals surface area (Å²) in [6, 6.07) is 0.445. The Kier molecular flexibility index (Phi) is 4.79. The molecule has 3 N–H and O–H groups in total. The monoisotopic (exact) mass is 278 g/mol. The number of nitrogens with two attached hydrogens (primary N) is 1. The molecule has 1 spiro atoms. The Hall–Kier alpha value is -0.380.